The highest BCUT2D eigenvalue weighted by Crippen LogP contribution is 2.20. The predicted octanol–water partition coefficient (Wildman–Crippen LogP) is 1.35. The molecule has 0 bridgehead atoms. The second-order valence-corrected chi connectivity index (χ2v) is 5.66. The Kier molecular flexibility index (Phi) is 5.05. The number of nitrogens with zero attached hydrogens (tertiary/aromatic N) is 2. The summed E-state index contributed by atoms with van der Waals surface area (Å²) in [6, 6.07) is 7.77. The Labute approximate surface area is 123 Å². The molecule has 2 atom stereocenters. The highest BCUT2D eigenvalue weighted by molar-refractivity contribution is 7.05. The van der Waals surface area contributed by atoms with Crippen molar-refractivity contribution in [2.45, 2.75) is 31.8 Å². The van der Waals surface area contributed by atoms with Gasteiger partial charge in [0.05, 0.1) is 7.11 Å². The SMILES string of the molecule is COc1ccccc1Cc1nsc(CC(N)C(C)N)n1. The van der Waals surface area contributed by atoms with Crippen molar-refractivity contribution < 1.29 is 4.74 Å². The monoisotopic (exact) mass is 292 g/mol. The molecule has 1 heterocycles. The van der Waals surface area contributed by atoms with Gasteiger partial charge in [-0.25, -0.2) is 4.98 Å². The van der Waals surface area contributed by atoms with Crippen LogP contribution in [0, 0.1) is 0 Å². The van der Waals surface area contributed by atoms with E-state index in [1.54, 1.807) is 7.11 Å². The number of aromatic nitrogens is 2. The van der Waals surface area contributed by atoms with Crippen LogP contribution in [-0.4, -0.2) is 28.6 Å². The Bertz CT molecular complexity index is 556. The van der Waals surface area contributed by atoms with Gasteiger partial charge in [0.2, 0.25) is 0 Å². The first kappa shape index (κ1) is 14.9. The summed E-state index contributed by atoms with van der Waals surface area (Å²) in [5.74, 6) is 1.66. The van der Waals surface area contributed by atoms with Crippen molar-refractivity contribution in [1.29, 1.82) is 0 Å². The zero-order valence-corrected chi connectivity index (χ0v) is 12.6. The van der Waals surface area contributed by atoms with E-state index in [1.165, 1.54) is 11.5 Å². The Balaban J connectivity index is 2.06. The van der Waals surface area contributed by atoms with Gasteiger partial charge in [-0.15, -0.1) is 0 Å². The van der Waals surface area contributed by atoms with Crippen molar-refractivity contribution in [3.63, 3.8) is 0 Å². The minimum Gasteiger partial charge on any atom is -0.496 e. The van der Waals surface area contributed by atoms with Gasteiger partial charge in [0.25, 0.3) is 0 Å². The van der Waals surface area contributed by atoms with Crippen LogP contribution in [-0.2, 0) is 12.8 Å². The van der Waals surface area contributed by atoms with Gasteiger partial charge in [0.15, 0.2) is 0 Å². The number of benzene rings is 1. The van der Waals surface area contributed by atoms with Crippen molar-refractivity contribution >= 4 is 11.5 Å². The van der Waals surface area contributed by atoms with Crippen LogP contribution in [0.2, 0.25) is 0 Å². The average Bonchev–Trinajstić information content (AvgIpc) is 2.86. The third kappa shape index (κ3) is 3.75. The third-order valence-electron chi connectivity index (χ3n) is 3.14. The molecule has 2 unspecified atom stereocenters. The van der Waals surface area contributed by atoms with Crippen LogP contribution < -0.4 is 16.2 Å². The molecule has 5 nitrogen and oxygen atoms in total. The first-order chi connectivity index (χ1) is 9.60. The van der Waals surface area contributed by atoms with Gasteiger partial charge in [-0.05, 0) is 24.5 Å². The molecule has 2 aromatic rings. The number of methoxy groups -OCH3 is 1. The molecular weight excluding hydrogens is 272 g/mol. The lowest BCUT2D eigenvalue weighted by molar-refractivity contribution is 0.410. The quantitative estimate of drug-likeness (QED) is 0.839. The maximum atomic E-state index is 5.95. The summed E-state index contributed by atoms with van der Waals surface area (Å²) < 4.78 is 9.71. The van der Waals surface area contributed by atoms with Crippen molar-refractivity contribution in [2.24, 2.45) is 11.5 Å². The number of ether oxygens (including phenoxy) is 1. The van der Waals surface area contributed by atoms with Crippen LogP contribution in [0.25, 0.3) is 0 Å². The third-order valence-corrected chi connectivity index (χ3v) is 3.91. The van der Waals surface area contributed by atoms with Crippen LogP contribution in [0.15, 0.2) is 24.3 Å². The largest absolute Gasteiger partial charge is 0.496 e. The molecular formula is C14H20N4OS. The van der Waals surface area contributed by atoms with Crippen molar-refractivity contribution in [2.75, 3.05) is 7.11 Å². The molecule has 108 valence electrons. The summed E-state index contributed by atoms with van der Waals surface area (Å²) >= 11 is 1.39. The topological polar surface area (TPSA) is 87.0 Å². The number of nitrogens with two attached hydrogens (primary N) is 2. The van der Waals surface area contributed by atoms with Gasteiger partial charge in [0.1, 0.15) is 16.6 Å². The molecule has 0 aliphatic rings. The summed E-state index contributed by atoms with van der Waals surface area (Å²) in [5.41, 5.74) is 12.8. The number of rotatable bonds is 6. The van der Waals surface area contributed by atoms with Crippen LogP contribution in [0.1, 0.15) is 23.3 Å². The second-order valence-electron chi connectivity index (χ2n) is 4.82. The van der Waals surface area contributed by atoms with E-state index in [0.717, 1.165) is 22.1 Å². The second kappa shape index (κ2) is 6.78. The van der Waals surface area contributed by atoms with Crippen LogP contribution >= 0.6 is 11.5 Å². The minimum absolute atomic E-state index is 0.0448. The lowest BCUT2D eigenvalue weighted by atomic mass is 10.1. The maximum absolute atomic E-state index is 5.95. The molecule has 4 N–H and O–H groups in total. The zero-order chi connectivity index (χ0) is 14.5. The van der Waals surface area contributed by atoms with E-state index in [1.807, 2.05) is 31.2 Å². The average molecular weight is 292 g/mol. The lowest BCUT2D eigenvalue weighted by Crippen LogP contribution is -2.40. The molecule has 6 heteroatoms. The molecule has 0 aliphatic heterocycles. The molecule has 1 aromatic heterocycles. The molecule has 20 heavy (non-hydrogen) atoms. The van der Waals surface area contributed by atoms with Gasteiger partial charge in [-0.3, -0.25) is 0 Å². The zero-order valence-electron chi connectivity index (χ0n) is 11.7. The summed E-state index contributed by atoms with van der Waals surface area (Å²) in [5, 5.41) is 0.930. The minimum atomic E-state index is -0.0814. The van der Waals surface area contributed by atoms with Crippen molar-refractivity contribution in [3.8, 4) is 5.75 Å². The van der Waals surface area contributed by atoms with Crippen LogP contribution in [0.5, 0.6) is 5.75 Å². The Morgan fingerprint density at radius 3 is 2.75 bits per heavy atom. The molecule has 0 saturated carbocycles. The first-order valence-electron chi connectivity index (χ1n) is 6.54. The van der Waals surface area contributed by atoms with Crippen molar-refractivity contribution in [3.05, 3.63) is 40.7 Å². The smallest absolute Gasteiger partial charge is 0.147 e. The fraction of sp³-hybridized carbons (Fsp3) is 0.429. The van der Waals surface area contributed by atoms with E-state index in [9.17, 15) is 0 Å². The van der Waals surface area contributed by atoms with E-state index in [0.29, 0.717) is 12.8 Å². The van der Waals surface area contributed by atoms with Crippen LogP contribution in [0.3, 0.4) is 0 Å². The highest BCUT2D eigenvalue weighted by Gasteiger charge is 2.13. The Morgan fingerprint density at radius 1 is 1.30 bits per heavy atom. The van der Waals surface area contributed by atoms with E-state index in [4.69, 9.17) is 16.2 Å². The normalized spacial score (nSPS) is 14.0. The molecule has 0 saturated heterocycles. The molecule has 0 amide bonds. The molecule has 0 radical (unpaired) electrons. The fourth-order valence-electron chi connectivity index (χ4n) is 1.85. The number of hydrogen-bond donors (Lipinski definition) is 2. The van der Waals surface area contributed by atoms with E-state index in [2.05, 4.69) is 9.36 Å². The molecule has 2 rings (SSSR count). The predicted molar refractivity (Wildman–Crippen MR) is 81.0 cm³/mol. The first-order valence-corrected chi connectivity index (χ1v) is 7.32. The summed E-state index contributed by atoms with van der Waals surface area (Å²) in [6.45, 7) is 1.90. The molecule has 0 aliphatic carbocycles. The van der Waals surface area contributed by atoms with Gasteiger partial charge < -0.3 is 16.2 Å². The van der Waals surface area contributed by atoms with E-state index in [-0.39, 0.29) is 12.1 Å². The number of hydrogen-bond acceptors (Lipinski definition) is 6. The van der Waals surface area contributed by atoms with Gasteiger partial charge in [-0.2, -0.15) is 4.37 Å². The molecule has 1 aromatic carbocycles. The Hall–Kier alpha value is -1.50. The summed E-state index contributed by atoms with van der Waals surface area (Å²) in [4.78, 5) is 4.52. The van der Waals surface area contributed by atoms with E-state index >= 15 is 0 Å². The fourth-order valence-corrected chi connectivity index (χ4v) is 2.58. The molecule has 0 spiro atoms. The standard InChI is InChI=1S/C14H20N4OS/c1-9(15)11(16)8-14-17-13(18-20-14)7-10-5-3-4-6-12(10)19-2/h3-6,9,11H,7-8,15-16H2,1-2H3. The summed E-state index contributed by atoms with van der Waals surface area (Å²) in [6.07, 6.45) is 1.33. The highest BCUT2D eigenvalue weighted by atomic mass is 32.1. The van der Waals surface area contributed by atoms with Crippen LogP contribution in [0.4, 0.5) is 0 Å². The van der Waals surface area contributed by atoms with Crippen molar-refractivity contribution in [1.82, 2.24) is 9.36 Å². The maximum Gasteiger partial charge on any atom is 0.147 e. The Morgan fingerprint density at radius 2 is 2.05 bits per heavy atom. The molecule has 0 fully saturated rings. The van der Waals surface area contributed by atoms with Gasteiger partial charge in [0, 0.05) is 30.5 Å². The van der Waals surface area contributed by atoms with E-state index < -0.39 is 0 Å². The number of para-hydroxylation sites is 1. The van der Waals surface area contributed by atoms with Gasteiger partial charge >= 0.3 is 0 Å². The lowest BCUT2D eigenvalue weighted by Gasteiger charge is -2.12. The van der Waals surface area contributed by atoms with Gasteiger partial charge in [-0.1, -0.05) is 18.2 Å². The summed E-state index contributed by atoms with van der Waals surface area (Å²) in [7, 11) is 1.67.